The maximum atomic E-state index is 13.0. The summed E-state index contributed by atoms with van der Waals surface area (Å²) in [6.45, 7) is 3.59. The van der Waals surface area contributed by atoms with E-state index in [1.54, 1.807) is 0 Å². The first-order chi connectivity index (χ1) is 10.2. The first-order valence-corrected chi connectivity index (χ1v) is 8.03. The van der Waals surface area contributed by atoms with Crippen LogP contribution in [0.4, 0.5) is 4.39 Å². The molecule has 0 amide bonds. The second-order valence-corrected chi connectivity index (χ2v) is 6.35. The van der Waals surface area contributed by atoms with E-state index in [-0.39, 0.29) is 17.4 Å². The fourth-order valence-corrected chi connectivity index (χ4v) is 3.98. The van der Waals surface area contributed by atoms with Crippen molar-refractivity contribution < 1.29 is 9.13 Å². The van der Waals surface area contributed by atoms with Gasteiger partial charge < -0.3 is 10.5 Å². The molecule has 4 heteroatoms. The molecule has 3 nitrogen and oxygen atoms in total. The summed E-state index contributed by atoms with van der Waals surface area (Å²) in [6, 6.07) is 6.87. The number of morpholine rings is 1. The predicted molar refractivity (Wildman–Crippen MR) is 81.7 cm³/mol. The first-order valence-electron chi connectivity index (χ1n) is 8.03. The van der Waals surface area contributed by atoms with Crippen molar-refractivity contribution in [3.8, 4) is 0 Å². The van der Waals surface area contributed by atoms with E-state index in [4.69, 9.17) is 10.5 Å². The number of rotatable bonds is 4. The van der Waals surface area contributed by atoms with Crippen LogP contribution in [0, 0.1) is 5.82 Å². The van der Waals surface area contributed by atoms with Gasteiger partial charge in [-0.15, -0.1) is 0 Å². The molecule has 1 aromatic carbocycles. The normalized spacial score (nSPS) is 24.1. The van der Waals surface area contributed by atoms with Gasteiger partial charge in [-0.1, -0.05) is 25.0 Å². The minimum absolute atomic E-state index is 0.101. The zero-order valence-electron chi connectivity index (χ0n) is 12.6. The quantitative estimate of drug-likeness (QED) is 0.926. The Morgan fingerprint density at radius 3 is 2.38 bits per heavy atom. The van der Waals surface area contributed by atoms with Crippen LogP contribution in [-0.4, -0.2) is 42.8 Å². The Hall–Kier alpha value is -0.970. The van der Waals surface area contributed by atoms with E-state index >= 15 is 0 Å². The molecule has 0 radical (unpaired) electrons. The van der Waals surface area contributed by atoms with E-state index in [1.165, 1.54) is 37.8 Å². The van der Waals surface area contributed by atoms with Crippen LogP contribution in [0.15, 0.2) is 24.3 Å². The van der Waals surface area contributed by atoms with Crippen molar-refractivity contribution in [3.05, 3.63) is 35.6 Å². The molecule has 1 heterocycles. The third kappa shape index (κ3) is 3.12. The highest BCUT2D eigenvalue weighted by Gasteiger charge is 2.44. The number of nitrogens with zero attached hydrogens (tertiary/aromatic N) is 1. The van der Waals surface area contributed by atoms with Gasteiger partial charge in [-0.2, -0.15) is 0 Å². The van der Waals surface area contributed by atoms with Crippen molar-refractivity contribution in [1.29, 1.82) is 0 Å². The maximum absolute atomic E-state index is 13.0. The van der Waals surface area contributed by atoms with E-state index in [2.05, 4.69) is 4.90 Å². The Balaban J connectivity index is 1.74. The van der Waals surface area contributed by atoms with Gasteiger partial charge in [0.2, 0.25) is 0 Å². The van der Waals surface area contributed by atoms with Crippen molar-refractivity contribution in [1.82, 2.24) is 4.90 Å². The van der Waals surface area contributed by atoms with Crippen LogP contribution in [0.2, 0.25) is 0 Å². The smallest absolute Gasteiger partial charge is 0.123 e. The molecule has 0 spiro atoms. The van der Waals surface area contributed by atoms with Crippen LogP contribution < -0.4 is 5.73 Å². The van der Waals surface area contributed by atoms with Gasteiger partial charge in [-0.05, 0) is 37.0 Å². The fourth-order valence-electron chi connectivity index (χ4n) is 3.98. The number of nitrogens with two attached hydrogens (primary N) is 1. The molecule has 2 N–H and O–H groups in total. The Kier molecular flexibility index (Phi) is 4.57. The zero-order valence-corrected chi connectivity index (χ0v) is 12.6. The van der Waals surface area contributed by atoms with E-state index in [0.717, 1.165) is 38.3 Å². The lowest BCUT2D eigenvalue weighted by Gasteiger charge is -2.47. The van der Waals surface area contributed by atoms with E-state index in [9.17, 15) is 4.39 Å². The molecule has 2 aliphatic rings. The molecular weight excluding hydrogens is 267 g/mol. The summed E-state index contributed by atoms with van der Waals surface area (Å²) in [5, 5.41) is 0. The SMILES string of the molecule is NC(Cc1ccc(F)cc1)C1(N2CCOCC2)CCCC1. The summed E-state index contributed by atoms with van der Waals surface area (Å²) >= 11 is 0. The second kappa shape index (κ2) is 6.42. The Morgan fingerprint density at radius 1 is 1.14 bits per heavy atom. The average molecular weight is 292 g/mol. The van der Waals surface area contributed by atoms with Crippen LogP contribution >= 0.6 is 0 Å². The topological polar surface area (TPSA) is 38.5 Å². The lowest BCUT2D eigenvalue weighted by Crippen LogP contribution is -2.61. The standard InChI is InChI=1S/C17H25FN2O/c18-15-5-3-14(4-6-15)13-16(19)17(7-1-2-8-17)20-9-11-21-12-10-20/h3-6,16H,1-2,7-13,19H2. The van der Waals surface area contributed by atoms with Gasteiger partial charge in [0.05, 0.1) is 13.2 Å². The fraction of sp³-hybridized carbons (Fsp3) is 0.647. The molecule has 1 saturated carbocycles. The van der Waals surface area contributed by atoms with Gasteiger partial charge in [0.1, 0.15) is 5.82 Å². The van der Waals surface area contributed by atoms with Crippen molar-refractivity contribution >= 4 is 0 Å². The molecule has 0 aromatic heterocycles. The lowest BCUT2D eigenvalue weighted by atomic mass is 9.82. The van der Waals surface area contributed by atoms with Gasteiger partial charge in [-0.25, -0.2) is 4.39 Å². The Labute approximate surface area is 126 Å². The van der Waals surface area contributed by atoms with Crippen molar-refractivity contribution in [2.75, 3.05) is 26.3 Å². The third-order valence-electron chi connectivity index (χ3n) is 5.17. The number of halogens is 1. The first kappa shape index (κ1) is 14.9. The van der Waals surface area contributed by atoms with Crippen LogP contribution in [0.5, 0.6) is 0 Å². The molecule has 2 fully saturated rings. The maximum Gasteiger partial charge on any atom is 0.123 e. The monoisotopic (exact) mass is 292 g/mol. The number of hydrogen-bond acceptors (Lipinski definition) is 3. The third-order valence-corrected chi connectivity index (χ3v) is 5.17. The minimum Gasteiger partial charge on any atom is -0.379 e. The lowest BCUT2D eigenvalue weighted by molar-refractivity contribution is -0.0305. The summed E-state index contributed by atoms with van der Waals surface area (Å²) in [6.07, 6.45) is 5.69. The van der Waals surface area contributed by atoms with Gasteiger partial charge in [0.25, 0.3) is 0 Å². The van der Waals surface area contributed by atoms with Crippen LogP contribution in [0.25, 0.3) is 0 Å². The Morgan fingerprint density at radius 2 is 1.76 bits per heavy atom. The van der Waals surface area contributed by atoms with E-state index in [0.29, 0.717) is 0 Å². The molecule has 21 heavy (non-hydrogen) atoms. The molecular formula is C17H25FN2O. The molecule has 1 saturated heterocycles. The van der Waals surface area contributed by atoms with Gasteiger partial charge in [0, 0.05) is 24.7 Å². The molecule has 1 unspecified atom stereocenters. The predicted octanol–water partition coefficient (Wildman–Crippen LogP) is 2.34. The average Bonchev–Trinajstić information content (AvgIpc) is 3.01. The largest absolute Gasteiger partial charge is 0.379 e. The van der Waals surface area contributed by atoms with Gasteiger partial charge in [0.15, 0.2) is 0 Å². The molecule has 0 bridgehead atoms. The van der Waals surface area contributed by atoms with Gasteiger partial charge in [-0.3, -0.25) is 4.90 Å². The van der Waals surface area contributed by atoms with Gasteiger partial charge >= 0.3 is 0 Å². The van der Waals surface area contributed by atoms with Crippen molar-refractivity contribution in [3.63, 3.8) is 0 Å². The van der Waals surface area contributed by atoms with E-state index < -0.39 is 0 Å². The molecule has 116 valence electrons. The molecule has 1 aromatic rings. The zero-order chi connectivity index (χ0) is 14.7. The summed E-state index contributed by atoms with van der Waals surface area (Å²) in [5.41, 5.74) is 7.88. The van der Waals surface area contributed by atoms with Crippen LogP contribution in [-0.2, 0) is 11.2 Å². The highest BCUT2D eigenvalue weighted by molar-refractivity contribution is 5.19. The molecule has 1 aliphatic carbocycles. The number of benzene rings is 1. The molecule has 1 aliphatic heterocycles. The highest BCUT2D eigenvalue weighted by atomic mass is 19.1. The number of ether oxygens (including phenoxy) is 1. The second-order valence-electron chi connectivity index (χ2n) is 6.35. The van der Waals surface area contributed by atoms with Crippen LogP contribution in [0.3, 0.4) is 0 Å². The van der Waals surface area contributed by atoms with Crippen molar-refractivity contribution in [2.45, 2.75) is 43.7 Å². The van der Waals surface area contributed by atoms with E-state index in [1.807, 2.05) is 12.1 Å². The Bertz CT molecular complexity index is 450. The van der Waals surface area contributed by atoms with Crippen LogP contribution in [0.1, 0.15) is 31.2 Å². The molecule has 3 rings (SSSR count). The summed E-state index contributed by atoms with van der Waals surface area (Å²) < 4.78 is 18.5. The summed E-state index contributed by atoms with van der Waals surface area (Å²) in [4.78, 5) is 2.55. The summed E-state index contributed by atoms with van der Waals surface area (Å²) in [7, 11) is 0. The van der Waals surface area contributed by atoms with Crippen molar-refractivity contribution in [2.24, 2.45) is 5.73 Å². The summed E-state index contributed by atoms with van der Waals surface area (Å²) in [5.74, 6) is -0.184. The minimum atomic E-state index is -0.184. The number of hydrogen-bond donors (Lipinski definition) is 1. The highest BCUT2D eigenvalue weighted by Crippen LogP contribution is 2.38. The molecule has 1 atom stereocenters.